The van der Waals surface area contributed by atoms with Crippen molar-refractivity contribution in [1.82, 2.24) is 4.98 Å². The van der Waals surface area contributed by atoms with Gasteiger partial charge in [-0.2, -0.15) is 0 Å². The largest absolute Gasteiger partial charge is 0.478 e. The number of anilines is 1. The molecule has 1 aromatic carbocycles. The fourth-order valence-electron chi connectivity index (χ4n) is 2.04. The molecule has 24 heavy (non-hydrogen) atoms. The second-order valence-electron chi connectivity index (χ2n) is 5.15. The summed E-state index contributed by atoms with van der Waals surface area (Å²) in [6, 6.07) is 12.0. The summed E-state index contributed by atoms with van der Waals surface area (Å²) in [6.07, 6.45) is 7.51. The first kappa shape index (κ1) is 17.4. The summed E-state index contributed by atoms with van der Waals surface area (Å²) in [6.45, 7) is 1.08. The maximum absolute atomic E-state index is 8.18. The molecule has 0 radical (unpaired) electrons. The number of rotatable bonds is 9. The highest BCUT2D eigenvalue weighted by Gasteiger charge is 1.96. The number of unbranched alkanes of at least 4 members (excludes halogenated alkanes) is 1. The highest BCUT2D eigenvalue weighted by atomic mass is 16.5. The lowest BCUT2D eigenvalue weighted by Gasteiger charge is -2.04. The Morgan fingerprint density at radius 1 is 1.12 bits per heavy atom. The molecule has 2 rings (SSSR count). The van der Waals surface area contributed by atoms with Crippen LogP contribution in [0.3, 0.4) is 0 Å². The van der Waals surface area contributed by atoms with Crippen molar-refractivity contribution in [2.24, 2.45) is 5.11 Å². The summed E-state index contributed by atoms with van der Waals surface area (Å²) in [5, 5.41) is 6.58. The van der Waals surface area contributed by atoms with E-state index in [4.69, 9.17) is 10.3 Å². The van der Waals surface area contributed by atoms with E-state index in [0.717, 1.165) is 29.7 Å². The zero-order chi connectivity index (χ0) is 17.0. The average molecular weight is 323 g/mol. The van der Waals surface area contributed by atoms with Crippen molar-refractivity contribution >= 4 is 17.8 Å². The van der Waals surface area contributed by atoms with Crippen LogP contribution in [0.1, 0.15) is 24.0 Å². The van der Waals surface area contributed by atoms with Crippen LogP contribution in [0.25, 0.3) is 22.6 Å². The van der Waals surface area contributed by atoms with Crippen molar-refractivity contribution in [2.75, 3.05) is 25.5 Å². The van der Waals surface area contributed by atoms with E-state index in [2.05, 4.69) is 32.5 Å². The Morgan fingerprint density at radius 3 is 2.54 bits per heavy atom. The van der Waals surface area contributed by atoms with E-state index in [1.165, 1.54) is 0 Å². The van der Waals surface area contributed by atoms with Gasteiger partial charge in [-0.05, 0) is 47.7 Å². The molecule has 0 aliphatic heterocycles. The minimum Gasteiger partial charge on any atom is -0.478 e. The molecule has 0 saturated carbocycles. The van der Waals surface area contributed by atoms with Crippen LogP contribution in [-0.4, -0.2) is 25.2 Å². The minimum absolute atomic E-state index is 0.506. The Morgan fingerprint density at radius 2 is 1.88 bits per heavy atom. The molecule has 0 aliphatic carbocycles. The summed E-state index contributed by atoms with van der Waals surface area (Å²) in [7, 11) is 1.90. The van der Waals surface area contributed by atoms with E-state index < -0.39 is 0 Å². The number of nitrogens with one attached hydrogen (secondary N) is 1. The molecule has 0 unspecified atom stereocenters. The van der Waals surface area contributed by atoms with Gasteiger partial charge in [0.05, 0.1) is 6.61 Å². The molecule has 6 heteroatoms. The van der Waals surface area contributed by atoms with Gasteiger partial charge in [-0.15, -0.1) is 0 Å². The van der Waals surface area contributed by atoms with Crippen LogP contribution in [-0.2, 0) is 0 Å². The van der Waals surface area contributed by atoms with E-state index in [1.807, 2.05) is 43.5 Å². The molecule has 1 N–H and O–H groups in total. The van der Waals surface area contributed by atoms with Gasteiger partial charge < -0.3 is 10.1 Å². The van der Waals surface area contributed by atoms with E-state index in [9.17, 15) is 0 Å². The van der Waals surface area contributed by atoms with Crippen molar-refractivity contribution in [3.63, 3.8) is 0 Å². The van der Waals surface area contributed by atoms with Gasteiger partial charge >= 0.3 is 0 Å². The van der Waals surface area contributed by atoms with E-state index in [1.54, 1.807) is 6.20 Å². The van der Waals surface area contributed by atoms with Crippen LogP contribution >= 0.6 is 0 Å². The predicted molar refractivity (Wildman–Crippen MR) is 97.9 cm³/mol. The SMILES string of the molecule is CNc1ccc(/C=C/c2ccc(OCCCCN=[N+]=[N-])nc2)cc1. The van der Waals surface area contributed by atoms with E-state index in [-0.39, 0.29) is 0 Å². The van der Waals surface area contributed by atoms with Gasteiger partial charge in [0, 0.05) is 36.5 Å². The van der Waals surface area contributed by atoms with Gasteiger partial charge in [-0.25, -0.2) is 4.98 Å². The van der Waals surface area contributed by atoms with Crippen LogP contribution in [0.2, 0.25) is 0 Å². The average Bonchev–Trinajstić information content (AvgIpc) is 2.64. The highest BCUT2D eigenvalue weighted by molar-refractivity contribution is 5.70. The monoisotopic (exact) mass is 323 g/mol. The number of nitrogens with zero attached hydrogens (tertiary/aromatic N) is 4. The second kappa shape index (κ2) is 9.92. The number of hydrogen-bond donors (Lipinski definition) is 1. The molecule has 0 saturated heterocycles. The quantitative estimate of drug-likeness (QED) is 0.312. The molecule has 0 fully saturated rings. The number of aromatic nitrogens is 1. The summed E-state index contributed by atoms with van der Waals surface area (Å²) in [5.41, 5.74) is 11.4. The fraction of sp³-hybridized carbons (Fsp3) is 0.278. The Kier molecular flexibility index (Phi) is 7.18. The van der Waals surface area contributed by atoms with Gasteiger partial charge in [0.2, 0.25) is 5.88 Å². The van der Waals surface area contributed by atoms with Crippen LogP contribution in [0.15, 0.2) is 47.7 Å². The van der Waals surface area contributed by atoms with Crippen molar-refractivity contribution in [3.05, 3.63) is 64.2 Å². The molecule has 0 bridgehead atoms. The Hall–Kier alpha value is -2.98. The summed E-state index contributed by atoms with van der Waals surface area (Å²) >= 11 is 0. The third-order valence-electron chi connectivity index (χ3n) is 3.39. The molecule has 0 atom stereocenters. The lowest BCUT2D eigenvalue weighted by atomic mass is 10.1. The van der Waals surface area contributed by atoms with Gasteiger partial charge in [0.1, 0.15) is 0 Å². The number of pyridine rings is 1. The number of azide groups is 1. The van der Waals surface area contributed by atoms with Crippen LogP contribution in [0, 0.1) is 0 Å². The number of hydrogen-bond acceptors (Lipinski definition) is 4. The minimum atomic E-state index is 0.506. The standard InChI is InChI=1S/C18H21N5O/c1-20-17-9-6-15(7-10-17)4-5-16-8-11-18(21-14-16)24-13-3-2-12-22-23-19/h4-11,14,20H,2-3,12-13H2,1H3/b5-4+. The molecule has 0 spiro atoms. The van der Waals surface area contributed by atoms with Crippen molar-refractivity contribution < 1.29 is 4.74 Å². The van der Waals surface area contributed by atoms with Gasteiger partial charge in [-0.3, -0.25) is 0 Å². The molecule has 1 heterocycles. The molecule has 2 aromatic rings. The lowest BCUT2D eigenvalue weighted by Crippen LogP contribution is -1.99. The third-order valence-corrected chi connectivity index (χ3v) is 3.39. The maximum atomic E-state index is 8.18. The second-order valence-corrected chi connectivity index (χ2v) is 5.15. The van der Waals surface area contributed by atoms with Crippen molar-refractivity contribution in [1.29, 1.82) is 0 Å². The van der Waals surface area contributed by atoms with Crippen LogP contribution < -0.4 is 10.1 Å². The normalized spacial score (nSPS) is 10.4. The lowest BCUT2D eigenvalue weighted by molar-refractivity contribution is 0.296. The zero-order valence-corrected chi connectivity index (χ0v) is 13.7. The van der Waals surface area contributed by atoms with Gasteiger partial charge in [-0.1, -0.05) is 29.4 Å². The van der Waals surface area contributed by atoms with Gasteiger partial charge in [0.15, 0.2) is 0 Å². The Labute approximate surface area is 141 Å². The molecule has 0 aliphatic rings. The molecular weight excluding hydrogens is 302 g/mol. The topological polar surface area (TPSA) is 82.9 Å². The molecular formula is C18H21N5O. The van der Waals surface area contributed by atoms with Crippen LogP contribution in [0.4, 0.5) is 5.69 Å². The summed E-state index contributed by atoms with van der Waals surface area (Å²) < 4.78 is 5.55. The first-order valence-electron chi connectivity index (χ1n) is 7.87. The third kappa shape index (κ3) is 6.02. The van der Waals surface area contributed by atoms with Crippen LogP contribution in [0.5, 0.6) is 5.88 Å². The number of ether oxygens (including phenoxy) is 1. The molecule has 6 nitrogen and oxygen atoms in total. The molecule has 124 valence electrons. The summed E-state index contributed by atoms with van der Waals surface area (Å²) in [5.74, 6) is 0.606. The van der Waals surface area contributed by atoms with E-state index >= 15 is 0 Å². The maximum Gasteiger partial charge on any atom is 0.213 e. The molecule has 0 amide bonds. The predicted octanol–water partition coefficient (Wildman–Crippen LogP) is 4.76. The Balaban J connectivity index is 1.80. The smallest absolute Gasteiger partial charge is 0.213 e. The Bertz CT molecular complexity index is 688. The fourth-order valence-corrected chi connectivity index (χ4v) is 2.04. The first-order chi connectivity index (χ1) is 11.8. The highest BCUT2D eigenvalue weighted by Crippen LogP contribution is 2.13. The summed E-state index contributed by atoms with van der Waals surface area (Å²) in [4.78, 5) is 7.00. The van der Waals surface area contributed by atoms with Crippen molar-refractivity contribution in [2.45, 2.75) is 12.8 Å². The van der Waals surface area contributed by atoms with Gasteiger partial charge in [0.25, 0.3) is 0 Å². The van der Waals surface area contributed by atoms with E-state index in [0.29, 0.717) is 19.0 Å². The number of benzene rings is 1. The zero-order valence-electron chi connectivity index (χ0n) is 13.7. The molecule has 1 aromatic heterocycles. The van der Waals surface area contributed by atoms with Crippen molar-refractivity contribution in [3.8, 4) is 5.88 Å². The first-order valence-corrected chi connectivity index (χ1v) is 7.87.